The third-order valence-electron chi connectivity index (χ3n) is 3.99. The van der Waals surface area contributed by atoms with Crippen LogP contribution in [0, 0.1) is 17.1 Å². The maximum atomic E-state index is 13.7. The molecule has 3 aromatic rings. The van der Waals surface area contributed by atoms with Crippen LogP contribution in [0.2, 0.25) is 0 Å². The Hall–Kier alpha value is -3.43. The molecule has 0 heterocycles. The lowest BCUT2D eigenvalue weighted by molar-refractivity contribution is -0.112. The molecular formula is C23H16BrFN2O2. The van der Waals surface area contributed by atoms with Gasteiger partial charge in [0, 0.05) is 15.7 Å². The summed E-state index contributed by atoms with van der Waals surface area (Å²) < 4.78 is 20.2. The van der Waals surface area contributed by atoms with Crippen molar-refractivity contribution < 1.29 is 13.9 Å². The van der Waals surface area contributed by atoms with Gasteiger partial charge in [0.1, 0.15) is 29.8 Å². The van der Waals surface area contributed by atoms with E-state index < -0.39 is 5.91 Å². The molecule has 0 spiro atoms. The molecule has 4 nitrogen and oxygen atoms in total. The minimum Gasteiger partial charge on any atom is -0.489 e. The van der Waals surface area contributed by atoms with Crippen LogP contribution >= 0.6 is 15.9 Å². The van der Waals surface area contributed by atoms with Crippen molar-refractivity contribution >= 4 is 33.6 Å². The molecule has 1 amide bonds. The second kappa shape index (κ2) is 9.67. The molecule has 3 rings (SSSR count). The van der Waals surface area contributed by atoms with Gasteiger partial charge in [-0.15, -0.1) is 0 Å². The van der Waals surface area contributed by atoms with Gasteiger partial charge >= 0.3 is 0 Å². The Morgan fingerprint density at radius 3 is 2.59 bits per heavy atom. The molecule has 6 heteroatoms. The summed E-state index contributed by atoms with van der Waals surface area (Å²) in [4.78, 5) is 12.4. The number of nitrogens with one attached hydrogen (secondary N) is 1. The van der Waals surface area contributed by atoms with Gasteiger partial charge in [0.2, 0.25) is 0 Å². The van der Waals surface area contributed by atoms with E-state index in [0.717, 1.165) is 4.47 Å². The molecule has 29 heavy (non-hydrogen) atoms. The number of carbonyl (C=O) groups is 1. The van der Waals surface area contributed by atoms with Gasteiger partial charge in [-0.25, -0.2) is 4.39 Å². The van der Waals surface area contributed by atoms with Crippen molar-refractivity contribution in [2.45, 2.75) is 6.61 Å². The van der Waals surface area contributed by atoms with E-state index >= 15 is 0 Å². The van der Waals surface area contributed by atoms with Crippen LogP contribution in [0.15, 0.2) is 82.8 Å². The van der Waals surface area contributed by atoms with E-state index in [1.54, 1.807) is 66.7 Å². The first-order chi connectivity index (χ1) is 14.0. The van der Waals surface area contributed by atoms with E-state index in [-0.39, 0.29) is 18.0 Å². The lowest BCUT2D eigenvalue weighted by atomic mass is 10.1. The second-order valence-electron chi connectivity index (χ2n) is 6.08. The fourth-order valence-corrected chi connectivity index (χ4v) is 2.78. The van der Waals surface area contributed by atoms with Crippen LogP contribution in [-0.2, 0) is 11.4 Å². The standard InChI is InChI=1S/C23H16BrFN2O2/c24-19-8-10-20(11-9-19)27-23(28)18(14-26)12-16-4-3-6-21(13-16)29-15-17-5-1-2-7-22(17)25/h1-13H,15H2,(H,27,28)/b18-12-. The first-order valence-corrected chi connectivity index (χ1v) is 9.49. The lowest BCUT2D eigenvalue weighted by Crippen LogP contribution is -2.13. The summed E-state index contributed by atoms with van der Waals surface area (Å²) in [6, 6.07) is 22.3. The van der Waals surface area contributed by atoms with Gasteiger partial charge in [-0.05, 0) is 54.1 Å². The SMILES string of the molecule is N#C/C(=C/c1cccc(OCc2ccccc2F)c1)C(=O)Nc1ccc(Br)cc1. The van der Waals surface area contributed by atoms with Crippen molar-refractivity contribution in [1.82, 2.24) is 0 Å². The van der Waals surface area contributed by atoms with Crippen molar-refractivity contribution in [2.75, 3.05) is 5.32 Å². The third-order valence-corrected chi connectivity index (χ3v) is 4.52. The van der Waals surface area contributed by atoms with Crippen LogP contribution in [0.25, 0.3) is 6.08 Å². The van der Waals surface area contributed by atoms with E-state index in [9.17, 15) is 14.4 Å². The van der Waals surface area contributed by atoms with Crippen LogP contribution in [0.3, 0.4) is 0 Å². The lowest BCUT2D eigenvalue weighted by Gasteiger charge is -2.08. The number of nitrogens with zero attached hydrogens (tertiary/aromatic N) is 1. The molecule has 0 aliphatic rings. The van der Waals surface area contributed by atoms with Gasteiger partial charge in [-0.2, -0.15) is 5.26 Å². The molecule has 0 aliphatic heterocycles. The van der Waals surface area contributed by atoms with Crippen LogP contribution in [0.5, 0.6) is 5.75 Å². The molecule has 144 valence electrons. The highest BCUT2D eigenvalue weighted by molar-refractivity contribution is 9.10. The summed E-state index contributed by atoms with van der Waals surface area (Å²) in [5.74, 6) is -0.333. The van der Waals surface area contributed by atoms with Gasteiger partial charge < -0.3 is 10.1 Å². The van der Waals surface area contributed by atoms with E-state index in [1.807, 2.05) is 6.07 Å². The number of carbonyl (C=O) groups excluding carboxylic acids is 1. The zero-order valence-corrected chi connectivity index (χ0v) is 16.8. The topological polar surface area (TPSA) is 62.1 Å². The van der Waals surface area contributed by atoms with E-state index in [2.05, 4.69) is 21.2 Å². The average Bonchev–Trinajstić information content (AvgIpc) is 2.73. The molecular weight excluding hydrogens is 435 g/mol. The largest absolute Gasteiger partial charge is 0.489 e. The van der Waals surface area contributed by atoms with Gasteiger partial charge in [-0.3, -0.25) is 4.79 Å². The fourth-order valence-electron chi connectivity index (χ4n) is 2.52. The Kier molecular flexibility index (Phi) is 6.77. The Bertz CT molecular complexity index is 1090. The zero-order valence-electron chi connectivity index (χ0n) is 15.2. The highest BCUT2D eigenvalue weighted by Gasteiger charge is 2.10. The van der Waals surface area contributed by atoms with Gasteiger partial charge in [0.25, 0.3) is 5.91 Å². The number of nitriles is 1. The molecule has 0 aromatic heterocycles. The minimum atomic E-state index is -0.507. The number of amides is 1. The Labute approximate surface area is 176 Å². The first kappa shape index (κ1) is 20.3. The average molecular weight is 451 g/mol. The highest BCUT2D eigenvalue weighted by Crippen LogP contribution is 2.19. The second-order valence-corrected chi connectivity index (χ2v) is 7.00. The summed E-state index contributed by atoms with van der Waals surface area (Å²) in [6.07, 6.45) is 1.48. The van der Waals surface area contributed by atoms with Crippen LogP contribution in [0.1, 0.15) is 11.1 Å². The normalized spacial score (nSPS) is 10.9. The molecule has 1 N–H and O–H groups in total. The molecule has 0 saturated carbocycles. The number of anilines is 1. The molecule has 0 saturated heterocycles. The first-order valence-electron chi connectivity index (χ1n) is 8.70. The summed E-state index contributed by atoms with van der Waals surface area (Å²) in [7, 11) is 0. The number of benzene rings is 3. The van der Waals surface area contributed by atoms with Crippen LogP contribution in [0.4, 0.5) is 10.1 Å². The van der Waals surface area contributed by atoms with Crippen molar-refractivity contribution in [2.24, 2.45) is 0 Å². The Morgan fingerprint density at radius 2 is 1.86 bits per heavy atom. The maximum Gasteiger partial charge on any atom is 0.266 e. The van der Waals surface area contributed by atoms with Crippen molar-refractivity contribution in [1.29, 1.82) is 5.26 Å². The zero-order chi connectivity index (χ0) is 20.6. The molecule has 0 fully saturated rings. The minimum absolute atomic E-state index is 0.0424. The number of hydrogen-bond donors (Lipinski definition) is 1. The summed E-state index contributed by atoms with van der Waals surface area (Å²) >= 11 is 3.33. The predicted molar refractivity (Wildman–Crippen MR) is 114 cm³/mol. The number of rotatable bonds is 6. The van der Waals surface area contributed by atoms with Crippen LogP contribution < -0.4 is 10.1 Å². The smallest absolute Gasteiger partial charge is 0.266 e. The number of halogens is 2. The van der Waals surface area contributed by atoms with Gasteiger partial charge in [0.05, 0.1) is 0 Å². The molecule has 0 aliphatic carbocycles. The fraction of sp³-hybridized carbons (Fsp3) is 0.0435. The van der Waals surface area contributed by atoms with Crippen molar-refractivity contribution in [3.8, 4) is 11.8 Å². The van der Waals surface area contributed by atoms with Crippen LogP contribution in [-0.4, -0.2) is 5.91 Å². The predicted octanol–water partition coefficient (Wildman–Crippen LogP) is 5.71. The summed E-state index contributed by atoms with van der Waals surface area (Å²) in [6.45, 7) is 0.0784. The van der Waals surface area contributed by atoms with E-state index in [4.69, 9.17) is 4.74 Å². The quantitative estimate of drug-likeness (QED) is 0.386. The highest BCUT2D eigenvalue weighted by atomic mass is 79.9. The van der Waals surface area contributed by atoms with Crippen molar-refractivity contribution in [3.05, 3.63) is 99.8 Å². The number of ether oxygens (including phenoxy) is 1. The molecule has 0 atom stereocenters. The summed E-state index contributed by atoms with van der Waals surface area (Å²) in [5.41, 5.74) is 1.61. The molecule has 3 aromatic carbocycles. The van der Waals surface area contributed by atoms with Gasteiger partial charge in [0.15, 0.2) is 0 Å². The summed E-state index contributed by atoms with van der Waals surface area (Å²) in [5, 5.41) is 12.1. The Morgan fingerprint density at radius 1 is 1.10 bits per heavy atom. The molecule has 0 bridgehead atoms. The van der Waals surface area contributed by atoms with Gasteiger partial charge in [-0.1, -0.05) is 46.3 Å². The van der Waals surface area contributed by atoms with Crippen molar-refractivity contribution in [3.63, 3.8) is 0 Å². The molecule has 0 unspecified atom stereocenters. The Balaban J connectivity index is 1.71. The third kappa shape index (κ3) is 5.77. The molecule has 0 radical (unpaired) electrons. The van der Waals surface area contributed by atoms with E-state index in [0.29, 0.717) is 22.6 Å². The monoisotopic (exact) mass is 450 g/mol. The number of hydrogen-bond acceptors (Lipinski definition) is 3. The van der Waals surface area contributed by atoms with E-state index in [1.165, 1.54) is 12.1 Å². The maximum absolute atomic E-state index is 13.7.